The number of hydrogen-bond donors (Lipinski definition) is 1. The molecule has 0 aliphatic heterocycles. The van der Waals surface area contributed by atoms with Gasteiger partial charge in [0.2, 0.25) is 0 Å². The highest BCUT2D eigenvalue weighted by molar-refractivity contribution is 5.94. The van der Waals surface area contributed by atoms with Crippen LogP contribution in [0.1, 0.15) is 23.1 Å². The van der Waals surface area contributed by atoms with Crippen LogP contribution < -0.4 is 10.1 Å². The first-order chi connectivity index (χ1) is 12.7. The number of pyridine rings is 1. The Hall–Kier alpha value is -3.22. The van der Waals surface area contributed by atoms with Gasteiger partial charge in [-0.2, -0.15) is 0 Å². The molecule has 3 aromatic rings. The summed E-state index contributed by atoms with van der Waals surface area (Å²) in [5.74, 6) is 1.45. The smallest absolute Gasteiger partial charge is 0.251 e. The third-order valence-corrected chi connectivity index (χ3v) is 4.08. The quantitative estimate of drug-likeness (QED) is 0.706. The number of amides is 1. The summed E-state index contributed by atoms with van der Waals surface area (Å²) in [5, 5.41) is 10.9. The topological polar surface area (TPSA) is 81.9 Å². The van der Waals surface area contributed by atoms with Gasteiger partial charge in [-0.1, -0.05) is 12.1 Å². The number of rotatable bonds is 7. The Labute approximate surface area is 152 Å². The predicted molar refractivity (Wildman–Crippen MR) is 98.0 cm³/mol. The number of methoxy groups -OCH3 is 1. The minimum Gasteiger partial charge on any atom is -0.494 e. The van der Waals surface area contributed by atoms with Crippen molar-refractivity contribution in [3.05, 3.63) is 60.3 Å². The fourth-order valence-corrected chi connectivity index (χ4v) is 2.68. The summed E-state index contributed by atoms with van der Waals surface area (Å²) in [6.45, 7) is 3.35. The van der Waals surface area contributed by atoms with Crippen molar-refractivity contribution in [2.75, 3.05) is 13.7 Å². The van der Waals surface area contributed by atoms with E-state index in [1.807, 2.05) is 35.8 Å². The molecule has 0 saturated carbocycles. The zero-order valence-electron chi connectivity index (χ0n) is 14.8. The fourth-order valence-electron chi connectivity index (χ4n) is 2.68. The van der Waals surface area contributed by atoms with Crippen molar-refractivity contribution in [1.82, 2.24) is 25.1 Å². The van der Waals surface area contributed by atoms with E-state index in [1.165, 1.54) is 0 Å². The zero-order chi connectivity index (χ0) is 18.4. The largest absolute Gasteiger partial charge is 0.494 e. The Morgan fingerprint density at radius 2 is 2.04 bits per heavy atom. The van der Waals surface area contributed by atoms with E-state index in [9.17, 15) is 4.79 Å². The van der Waals surface area contributed by atoms with E-state index < -0.39 is 0 Å². The maximum absolute atomic E-state index is 12.3. The second kappa shape index (κ2) is 8.24. The monoisotopic (exact) mass is 351 g/mol. The molecule has 0 spiro atoms. The number of nitrogens with zero attached hydrogens (tertiary/aromatic N) is 4. The Bertz CT molecular complexity index is 874. The van der Waals surface area contributed by atoms with E-state index in [0.29, 0.717) is 24.3 Å². The summed E-state index contributed by atoms with van der Waals surface area (Å²) in [6, 6.07) is 11.0. The molecule has 0 atom stereocenters. The lowest BCUT2D eigenvalue weighted by atomic mass is 10.1. The number of carbonyl (C=O) groups is 1. The molecule has 134 valence electrons. The summed E-state index contributed by atoms with van der Waals surface area (Å²) >= 11 is 0. The van der Waals surface area contributed by atoms with E-state index in [2.05, 4.69) is 20.5 Å². The maximum Gasteiger partial charge on any atom is 0.251 e. The molecule has 7 heteroatoms. The van der Waals surface area contributed by atoms with Crippen LogP contribution in [-0.4, -0.2) is 39.3 Å². The number of ether oxygens (including phenoxy) is 1. The first-order valence-corrected chi connectivity index (χ1v) is 8.47. The number of nitrogens with one attached hydrogen (secondary N) is 1. The third kappa shape index (κ3) is 3.88. The summed E-state index contributed by atoms with van der Waals surface area (Å²) in [4.78, 5) is 16.7. The highest BCUT2D eigenvalue weighted by atomic mass is 16.5. The standard InChI is InChI=1S/C19H21N5O2/c1-3-24-13-22-23-17(24)10-12-21-19(25)15-8-6-14(7-9-15)18-16(26-2)5-4-11-20-18/h4-9,11,13H,3,10,12H2,1-2H3,(H,21,25). The number of aryl methyl sites for hydroxylation is 1. The summed E-state index contributed by atoms with van der Waals surface area (Å²) < 4.78 is 7.29. The molecular weight excluding hydrogens is 330 g/mol. The minimum absolute atomic E-state index is 0.118. The molecule has 1 N–H and O–H groups in total. The predicted octanol–water partition coefficient (Wildman–Crippen LogP) is 2.34. The summed E-state index contributed by atoms with van der Waals surface area (Å²) in [6.07, 6.45) is 4.05. The number of benzene rings is 1. The van der Waals surface area contributed by atoms with Crippen molar-refractivity contribution >= 4 is 5.91 Å². The Morgan fingerprint density at radius 1 is 1.23 bits per heavy atom. The van der Waals surface area contributed by atoms with Crippen LogP contribution in [0.3, 0.4) is 0 Å². The molecule has 2 heterocycles. The molecule has 0 aliphatic carbocycles. The molecule has 0 bridgehead atoms. The van der Waals surface area contributed by atoms with Gasteiger partial charge >= 0.3 is 0 Å². The second-order valence-corrected chi connectivity index (χ2v) is 5.67. The van der Waals surface area contributed by atoms with Gasteiger partial charge in [0.25, 0.3) is 5.91 Å². The Morgan fingerprint density at radius 3 is 2.77 bits per heavy atom. The van der Waals surface area contributed by atoms with Crippen molar-refractivity contribution in [3.63, 3.8) is 0 Å². The molecule has 1 amide bonds. The lowest BCUT2D eigenvalue weighted by Crippen LogP contribution is -2.26. The summed E-state index contributed by atoms with van der Waals surface area (Å²) in [5.41, 5.74) is 2.25. The van der Waals surface area contributed by atoms with Crippen molar-refractivity contribution in [2.24, 2.45) is 0 Å². The van der Waals surface area contributed by atoms with Crippen LogP contribution in [0, 0.1) is 0 Å². The molecule has 0 aliphatic rings. The maximum atomic E-state index is 12.3. The minimum atomic E-state index is -0.118. The van der Waals surface area contributed by atoms with Gasteiger partial charge in [-0.25, -0.2) is 0 Å². The van der Waals surface area contributed by atoms with E-state index in [-0.39, 0.29) is 5.91 Å². The highest BCUT2D eigenvalue weighted by Gasteiger charge is 2.10. The van der Waals surface area contributed by atoms with Crippen molar-refractivity contribution < 1.29 is 9.53 Å². The van der Waals surface area contributed by atoms with Gasteiger partial charge in [0, 0.05) is 36.8 Å². The second-order valence-electron chi connectivity index (χ2n) is 5.67. The lowest BCUT2D eigenvalue weighted by Gasteiger charge is -2.09. The van der Waals surface area contributed by atoms with Crippen LogP contribution in [0.5, 0.6) is 5.75 Å². The molecule has 0 fully saturated rings. The van der Waals surface area contributed by atoms with Crippen LogP contribution >= 0.6 is 0 Å². The van der Waals surface area contributed by atoms with Crippen molar-refractivity contribution in [3.8, 4) is 17.0 Å². The average molecular weight is 351 g/mol. The van der Waals surface area contributed by atoms with Crippen LogP contribution in [0.25, 0.3) is 11.3 Å². The first kappa shape index (κ1) is 17.6. The molecular formula is C19H21N5O2. The molecule has 2 aromatic heterocycles. The van der Waals surface area contributed by atoms with E-state index in [4.69, 9.17) is 4.74 Å². The van der Waals surface area contributed by atoms with Crippen LogP contribution in [0.4, 0.5) is 0 Å². The fraction of sp³-hybridized carbons (Fsp3) is 0.263. The van der Waals surface area contributed by atoms with E-state index in [0.717, 1.165) is 23.6 Å². The van der Waals surface area contributed by atoms with Gasteiger partial charge in [-0.05, 0) is 31.2 Å². The van der Waals surface area contributed by atoms with Crippen LogP contribution in [0.15, 0.2) is 48.9 Å². The van der Waals surface area contributed by atoms with Crippen LogP contribution in [-0.2, 0) is 13.0 Å². The van der Waals surface area contributed by atoms with Gasteiger partial charge in [-0.15, -0.1) is 10.2 Å². The van der Waals surface area contributed by atoms with E-state index >= 15 is 0 Å². The number of hydrogen-bond acceptors (Lipinski definition) is 5. The van der Waals surface area contributed by atoms with Gasteiger partial charge in [-0.3, -0.25) is 9.78 Å². The average Bonchev–Trinajstić information content (AvgIpc) is 3.15. The molecule has 0 saturated heterocycles. The zero-order valence-corrected chi connectivity index (χ0v) is 14.8. The number of carbonyl (C=O) groups excluding carboxylic acids is 1. The number of aromatic nitrogens is 4. The Kier molecular flexibility index (Phi) is 5.58. The van der Waals surface area contributed by atoms with Gasteiger partial charge in [0.15, 0.2) is 0 Å². The van der Waals surface area contributed by atoms with E-state index in [1.54, 1.807) is 31.8 Å². The molecule has 0 unspecified atom stereocenters. The first-order valence-electron chi connectivity index (χ1n) is 8.47. The van der Waals surface area contributed by atoms with Crippen LogP contribution in [0.2, 0.25) is 0 Å². The third-order valence-electron chi connectivity index (χ3n) is 4.08. The molecule has 3 rings (SSSR count). The summed E-state index contributed by atoms with van der Waals surface area (Å²) in [7, 11) is 1.61. The van der Waals surface area contributed by atoms with Crippen molar-refractivity contribution in [2.45, 2.75) is 19.9 Å². The lowest BCUT2D eigenvalue weighted by molar-refractivity contribution is 0.0954. The highest BCUT2D eigenvalue weighted by Crippen LogP contribution is 2.27. The van der Waals surface area contributed by atoms with Crippen molar-refractivity contribution in [1.29, 1.82) is 0 Å². The normalized spacial score (nSPS) is 10.5. The van der Waals surface area contributed by atoms with Gasteiger partial charge < -0.3 is 14.6 Å². The SMILES string of the molecule is CCn1cnnc1CCNC(=O)c1ccc(-c2ncccc2OC)cc1. The molecule has 26 heavy (non-hydrogen) atoms. The Balaban J connectivity index is 1.62. The molecule has 7 nitrogen and oxygen atoms in total. The molecule has 0 radical (unpaired) electrons. The van der Waals surface area contributed by atoms with Gasteiger partial charge in [0.1, 0.15) is 23.6 Å². The molecule has 1 aromatic carbocycles. The van der Waals surface area contributed by atoms with Gasteiger partial charge in [0.05, 0.1) is 7.11 Å².